The summed E-state index contributed by atoms with van der Waals surface area (Å²) in [6, 6.07) is 6.24. The number of aliphatic imine (C=N–C) groups is 1. The highest BCUT2D eigenvalue weighted by Crippen LogP contribution is 2.25. The molecule has 0 unspecified atom stereocenters. The maximum absolute atomic E-state index is 5.88. The lowest BCUT2D eigenvalue weighted by Gasteiger charge is -2.38. The van der Waals surface area contributed by atoms with E-state index < -0.39 is 0 Å². The van der Waals surface area contributed by atoms with Crippen molar-refractivity contribution in [1.29, 1.82) is 0 Å². The van der Waals surface area contributed by atoms with Gasteiger partial charge in [-0.25, -0.2) is 0 Å². The monoisotopic (exact) mass is 349 g/mol. The van der Waals surface area contributed by atoms with Crippen molar-refractivity contribution < 1.29 is 14.2 Å². The second kappa shape index (κ2) is 9.63. The maximum atomic E-state index is 5.88. The summed E-state index contributed by atoms with van der Waals surface area (Å²) < 4.78 is 16.5. The zero-order chi connectivity index (χ0) is 18.1. The van der Waals surface area contributed by atoms with Gasteiger partial charge in [-0.05, 0) is 25.5 Å². The topological polar surface area (TPSA) is 64.1 Å². The third-order valence-electron chi connectivity index (χ3n) is 4.17. The van der Waals surface area contributed by atoms with Crippen molar-refractivity contribution in [3.8, 4) is 5.75 Å². The Balaban J connectivity index is 1.87. The van der Waals surface area contributed by atoms with Crippen LogP contribution in [0.3, 0.4) is 0 Å². The average Bonchev–Trinajstić information content (AvgIpc) is 2.58. The standard InChI is InChI=1S/C19H31N3O3/c1-5-23-8-9-25-17-10-15(2)6-7-16(17)11-21-18(20-4)22-12-19(3)13-24-14-19/h6-7,10H,5,8-9,11-14H2,1-4H3,(H2,20,21,22). The molecule has 1 aromatic carbocycles. The normalized spacial score (nSPS) is 16.2. The van der Waals surface area contributed by atoms with Crippen LogP contribution < -0.4 is 15.4 Å². The van der Waals surface area contributed by atoms with Crippen LogP contribution in [-0.2, 0) is 16.0 Å². The van der Waals surface area contributed by atoms with Crippen LogP contribution in [0.25, 0.3) is 0 Å². The number of hydrogen-bond donors (Lipinski definition) is 2. The Hall–Kier alpha value is -1.79. The summed E-state index contributed by atoms with van der Waals surface area (Å²) in [5.74, 6) is 1.68. The van der Waals surface area contributed by atoms with Crippen molar-refractivity contribution >= 4 is 5.96 Å². The van der Waals surface area contributed by atoms with E-state index in [4.69, 9.17) is 14.2 Å². The molecule has 0 aliphatic carbocycles. The lowest BCUT2D eigenvalue weighted by atomic mass is 9.89. The number of rotatable bonds is 9. The van der Waals surface area contributed by atoms with Crippen LogP contribution in [-0.4, -0.2) is 52.6 Å². The molecule has 0 spiro atoms. The van der Waals surface area contributed by atoms with Crippen LogP contribution >= 0.6 is 0 Å². The van der Waals surface area contributed by atoms with Crippen LogP contribution in [0, 0.1) is 12.3 Å². The molecular weight excluding hydrogens is 318 g/mol. The fourth-order valence-corrected chi connectivity index (χ4v) is 2.55. The summed E-state index contributed by atoms with van der Waals surface area (Å²) in [7, 11) is 1.78. The molecule has 6 nitrogen and oxygen atoms in total. The number of aryl methyl sites for hydroxylation is 1. The predicted octanol–water partition coefficient (Wildman–Crippen LogP) is 2.11. The van der Waals surface area contributed by atoms with E-state index in [0.717, 1.165) is 37.0 Å². The molecule has 140 valence electrons. The molecule has 0 saturated carbocycles. The highest BCUT2D eigenvalue weighted by atomic mass is 16.5. The van der Waals surface area contributed by atoms with Crippen LogP contribution in [0.1, 0.15) is 25.0 Å². The van der Waals surface area contributed by atoms with E-state index >= 15 is 0 Å². The molecule has 0 bridgehead atoms. The van der Waals surface area contributed by atoms with Gasteiger partial charge in [-0.3, -0.25) is 4.99 Å². The number of ether oxygens (including phenoxy) is 3. The van der Waals surface area contributed by atoms with Crippen LogP contribution in [0.2, 0.25) is 0 Å². The fourth-order valence-electron chi connectivity index (χ4n) is 2.55. The van der Waals surface area contributed by atoms with Crippen LogP contribution in [0.4, 0.5) is 0 Å². The minimum Gasteiger partial charge on any atom is -0.491 e. The summed E-state index contributed by atoms with van der Waals surface area (Å²) >= 11 is 0. The van der Waals surface area contributed by atoms with E-state index in [9.17, 15) is 0 Å². The van der Waals surface area contributed by atoms with Gasteiger partial charge in [0.25, 0.3) is 0 Å². The van der Waals surface area contributed by atoms with Gasteiger partial charge in [0.2, 0.25) is 0 Å². The van der Waals surface area contributed by atoms with Gasteiger partial charge < -0.3 is 24.8 Å². The van der Waals surface area contributed by atoms with Crippen molar-refractivity contribution in [2.24, 2.45) is 10.4 Å². The summed E-state index contributed by atoms with van der Waals surface area (Å²) in [5.41, 5.74) is 2.48. The summed E-state index contributed by atoms with van der Waals surface area (Å²) in [5, 5.41) is 6.73. The zero-order valence-electron chi connectivity index (χ0n) is 15.9. The fraction of sp³-hybridized carbons (Fsp3) is 0.632. The molecule has 1 aliphatic heterocycles. The Morgan fingerprint density at radius 2 is 2.08 bits per heavy atom. The van der Waals surface area contributed by atoms with E-state index in [2.05, 4.69) is 47.7 Å². The smallest absolute Gasteiger partial charge is 0.191 e. The maximum Gasteiger partial charge on any atom is 0.191 e. The number of guanidine groups is 1. The Morgan fingerprint density at radius 3 is 2.72 bits per heavy atom. The average molecular weight is 349 g/mol. The van der Waals surface area contributed by atoms with Crippen molar-refractivity contribution in [1.82, 2.24) is 10.6 Å². The zero-order valence-corrected chi connectivity index (χ0v) is 15.9. The van der Waals surface area contributed by atoms with Crippen LogP contribution in [0.15, 0.2) is 23.2 Å². The Morgan fingerprint density at radius 1 is 1.28 bits per heavy atom. The first kappa shape index (κ1) is 19.5. The first-order valence-corrected chi connectivity index (χ1v) is 8.88. The molecule has 2 N–H and O–H groups in total. The molecule has 0 atom stereocenters. The highest BCUT2D eigenvalue weighted by molar-refractivity contribution is 5.79. The second-order valence-electron chi connectivity index (χ2n) is 6.74. The molecule has 1 heterocycles. The summed E-state index contributed by atoms with van der Waals surface area (Å²) in [6.45, 7) is 11.2. The highest BCUT2D eigenvalue weighted by Gasteiger charge is 2.33. The van der Waals surface area contributed by atoms with Gasteiger partial charge in [0.1, 0.15) is 12.4 Å². The lowest BCUT2D eigenvalue weighted by Crippen LogP contribution is -2.50. The van der Waals surface area contributed by atoms with Crippen molar-refractivity contribution in [3.05, 3.63) is 29.3 Å². The first-order valence-electron chi connectivity index (χ1n) is 8.88. The van der Waals surface area contributed by atoms with Gasteiger partial charge in [0, 0.05) is 37.7 Å². The quantitative estimate of drug-likeness (QED) is 0.406. The molecule has 1 aliphatic rings. The molecule has 25 heavy (non-hydrogen) atoms. The molecule has 1 aromatic rings. The Labute approximate surface area is 151 Å². The summed E-state index contributed by atoms with van der Waals surface area (Å²) in [6.07, 6.45) is 0. The van der Waals surface area contributed by atoms with Crippen LogP contribution in [0.5, 0.6) is 5.75 Å². The number of nitrogens with zero attached hydrogens (tertiary/aromatic N) is 1. The minimum absolute atomic E-state index is 0.203. The van der Waals surface area contributed by atoms with Gasteiger partial charge in [0.05, 0.1) is 19.8 Å². The van der Waals surface area contributed by atoms with Crippen molar-refractivity contribution in [2.75, 3.05) is 46.6 Å². The van der Waals surface area contributed by atoms with E-state index in [0.29, 0.717) is 26.4 Å². The van der Waals surface area contributed by atoms with Gasteiger partial charge >= 0.3 is 0 Å². The number of hydrogen-bond acceptors (Lipinski definition) is 4. The molecule has 1 fully saturated rings. The molecule has 0 amide bonds. The van der Waals surface area contributed by atoms with Gasteiger partial charge in [-0.2, -0.15) is 0 Å². The second-order valence-corrected chi connectivity index (χ2v) is 6.74. The van der Waals surface area contributed by atoms with Gasteiger partial charge in [0.15, 0.2) is 5.96 Å². The van der Waals surface area contributed by atoms with E-state index in [-0.39, 0.29) is 5.41 Å². The minimum atomic E-state index is 0.203. The number of benzene rings is 1. The van der Waals surface area contributed by atoms with Gasteiger partial charge in [-0.1, -0.05) is 19.1 Å². The van der Waals surface area contributed by atoms with Crippen molar-refractivity contribution in [3.63, 3.8) is 0 Å². The largest absolute Gasteiger partial charge is 0.491 e. The summed E-state index contributed by atoms with van der Waals surface area (Å²) in [4.78, 5) is 4.29. The third-order valence-corrected chi connectivity index (χ3v) is 4.17. The van der Waals surface area contributed by atoms with Crippen molar-refractivity contribution in [2.45, 2.75) is 27.3 Å². The molecular formula is C19H31N3O3. The molecule has 0 radical (unpaired) electrons. The third kappa shape index (κ3) is 6.21. The predicted molar refractivity (Wildman–Crippen MR) is 100 cm³/mol. The number of nitrogens with one attached hydrogen (secondary N) is 2. The Kier molecular flexibility index (Phi) is 7.52. The lowest BCUT2D eigenvalue weighted by molar-refractivity contribution is -0.0971. The molecule has 6 heteroatoms. The Bertz CT molecular complexity index is 571. The molecule has 1 saturated heterocycles. The van der Waals surface area contributed by atoms with Gasteiger partial charge in [-0.15, -0.1) is 0 Å². The van der Waals surface area contributed by atoms with E-state index in [1.165, 1.54) is 5.56 Å². The van der Waals surface area contributed by atoms with E-state index in [1.54, 1.807) is 7.05 Å². The van der Waals surface area contributed by atoms with E-state index in [1.807, 2.05) is 6.92 Å². The SMILES string of the molecule is CCOCCOc1cc(C)ccc1CNC(=NC)NCC1(C)COC1. The first-order chi connectivity index (χ1) is 12.1. The molecule has 0 aromatic heterocycles. The molecule has 2 rings (SSSR count).